The lowest BCUT2D eigenvalue weighted by molar-refractivity contribution is -0.121. The van der Waals surface area contributed by atoms with E-state index in [2.05, 4.69) is 34.8 Å². The van der Waals surface area contributed by atoms with Crippen LogP contribution in [0.15, 0.2) is 4.99 Å². The van der Waals surface area contributed by atoms with Crippen LogP contribution in [-0.2, 0) is 9.53 Å². The summed E-state index contributed by atoms with van der Waals surface area (Å²) in [5.74, 6) is 1.03. The summed E-state index contributed by atoms with van der Waals surface area (Å²) in [6.45, 7) is 15.0. The van der Waals surface area contributed by atoms with Crippen molar-refractivity contribution in [3.05, 3.63) is 0 Å². The Kier molecular flexibility index (Phi) is 12.4. The Morgan fingerprint density at radius 2 is 1.76 bits per heavy atom. The Morgan fingerprint density at radius 3 is 2.24 bits per heavy atom. The van der Waals surface area contributed by atoms with Crippen LogP contribution in [-0.4, -0.2) is 67.7 Å². The van der Waals surface area contributed by atoms with Crippen molar-refractivity contribution in [1.29, 1.82) is 0 Å². The van der Waals surface area contributed by atoms with Gasteiger partial charge in [-0.25, -0.2) is 4.79 Å². The van der Waals surface area contributed by atoms with E-state index in [0.29, 0.717) is 19.5 Å². The summed E-state index contributed by atoms with van der Waals surface area (Å²) in [5.41, 5.74) is -0.518. The first kappa shape index (κ1) is 27.0. The fourth-order valence-electron chi connectivity index (χ4n) is 2.59. The number of hydrogen-bond donors (Lipinski definition) is 3. The van der Waals surface area contributed by atoms with Crippen molar-refractivity contribution in [1.82, 2.24) is 20.9 Å². The zero-order valence-corrected chi connectivity index (χ0v) is 19.9. The number of guanidine groups is 1. The van der Waals surface area contributed by atoms with Gasteiger partial charge in [-0.05, 0) is 46.5 Å². The molecule has 0 radical (unpaired) electrons. The predicted octanol–water partition coefficient (Wildman–Crippen LogP) is 2.74. The van der Waals surface area contributed by atoms with Gasteiger partial charge in [0.1, 0.15) is 5.60 Å². The summed E-state index contributed by atoms with van der Waals surface area (Å²) in [4.78, 5) is 30.3. The second-order valence-corrected chi connectivity index (χ2v) is 8.81. The molecule has 0 heterocycles. The van der Waals surface area contributed by atoms with Crippen LogP contribution in [0.1, 0.15) is 67.7 Å². The van der Waals surface area contributed by atoms with Crippen LogP contribution >= 0.6 is 0 Å². The van der Waals surface area contributed by atoms with Gasteiger partial charge in [0.15, 0.2) is 5.96 Å². The van der Waals surface area contributed by atoms with Crippen LogP contribution in [0.25, 0.3) is 0 Å². The van der Waals surface area contributed by atoms with Gasteiger partial charge in [0, 0.05) is 45.7 Å². The number of carbonyl (C=O) groups excluding carboxylic acids is 2. The van der Waals surface area contributed by atoms with Crippen LogP contribution in [0.2, 0.25) is 0 Å². The lowest BCUT2D eigenvalue weighted by atomic mass is 10.0. The molecule has 8 nitrogen and oxygen atoms in total. The number of rotatable bonds is 10. The van der Waals surface area contributed by atoms with Gasteiger partial charge in [0.05, 0.1) is 0 Å². The van der Waals surface area contributed by atoms with E-state index >= 15 is 0 Å². The Bertz CT molecular complexity index is 529. The number of nitrogens with zero attached hydrogens (tertiary/aromatic N) is 2. The smallest absolute Gasteiger partial charge is 0.407 e. The second-order valence-electron chi connectivity index (χ2n) is 8.81. The van der Waals surface area contributed by atoms with Gasteiger partial charge in [-0.1, -0.05) is 20.8 Å². The third-order valence-corrected chi connectivity index (χ3v) is 4.51. The molecule has 0 bridgehead atoms. The van der Waals surface area contributed by atoms with Gasteiger partial charge in [0.25, 0.3) is 0 Å². The molecule has 0 aromatic carbocycles. The number of carbonyl (C=O) groups is 2. The number of ether oxygens (including phenoxy) is 1. The molecule has 2 unspecified atom stereocenters. The van der Waals surface area contributed by atoms with Crippen molar-refractivity contribution in [2.75, 3.05) is 27.2 Å². The van der Waals surface area contributed by atoms with E-state index in [4.69, 9.17) is 4.74 Å². The maximum absolute atomic E-state index is 12.1. The van der Waals surface area contributed by atoms with Gasteiger partial charge < -0.3 is 25.6 Å². The summed E-state index contributed by atoms with van der Waals surface area (Å²) >= 11 is 0. The largest absolute Gasteiger partial charge is 0.444 e. The van der Waals surface area contributed by atoms with E-state index in [9.17, 15) is 9.59 Å². The second kappa shape index (κ2) is 13.3. The Hall–Kier alpha value is -1.99. The van der Waals surface area contributed by atoms with Crippen molar-refractivity contribution < 1.29 is 14.3 Å². The summed E-state index contributed by atoms with van der Waals surface area (Å²) in [6.07, 6.45) is 1.67. The first-order valence-electron chi connectivity index (χ1n) is 10.6. The van der Waals surface area contributed by atoms with Gasteiger partial charge in [-0.3, -0.25) is 9.79 Å². The van der Waals surface area contributed by atoms with Crippen LogP contribution in [0.3, 0.4) is 0 Å². The number of aliphatic imine (C=N–C) groups is 1. The molecule has 0 rings (SSSR count). The normalized spacial score (nSPS) is 14.2. The van der Waals surface area contributed by atoms with Gasteiger partial charge >= 0.3 is 6.09 Å². The molecule has 2 amide bonds. The molecule has 0 fully saturated rings. The highest BCUT2D eigenvalue weighted by atomic mass is 16.6. The maximum Gasteiger partial charge on any atom is 0.407 e. The monoisotopic (exact) mass is 413 g/mol. The molecule has 2 atom stereocenters. The first-order valence-corrected chi connectivity index (χ1v) is 10.6. The highest BCUT2D eigenvalue weighted by molar-refractivity contribution is 5.81. The molecule has 0 spiro atoms. The van der Waals surface area contributed by atoms with E-state index in [1.165, 1.54) is 0 Å². The van der Waals surface area contributed by atoms with Crippen LogP contribution in [0.4, 0.5) is 4.79 Å². The van der Waals surface area contributed by atoms with E-state index in [1.54, 1.807) is 7.05 Å². The zero-order chi connectivity index (χ0) is 22.6. The summed E-state index contributed by atoms with van der Waals surface area (Å²) in [5, 5.41) is 9.14. The summed E-state index contributed by atoms with van der Waals surface area (Å²) in [6, 6.07) is 0.182. The number of hydrogen-bond acceptors (Lipinski definition) is 4. The highest BCUT2D eigenvalue weighted by Gasteiger charge is 2.22. The number of amides is 2. The number of nitrogens with one attached hydrogen (secondary N) is 3. The Labute approximate surface area is 177 Å². The standard InChI is InChI=1S/C21H43N5O3/c1-10-16(4)24-18(27)11-13-23-19(22-8)26(9)14-12-17(15(2)3)25-20(28)29-21(5,6)7/h15-17H,10-14H2,1-9H3,(H,22,23)(H,24,27)(H,25,28). The molecule has 8 heteroatoms. The SMILES string of the molecule is CCC(C)NC(=O)CCNC(=NC)N(C)CCC(NC(=O)OC(C)(C)C)C(C)C. The van der Waals surface area contributed by atoms with Crippen LogP contribution in [0.5, 0.6) is 0 Å². The lowest BCUT2D eigenvalue weighted by Gasteiger charge is -2.28. The molecule has 29 heavy (non-hydrogen) atoms. The van der Waals surface area contributed by atoms with Crippen molar-refractivity contribution >= 4 is 18.0 Å². The minimum Gasteiger partial charge on any atom is -0.444 e. The average Bonchev–Trinajstić information content (AvgIpc) is 2.59. The summed E-state index contributed by atoms with van der Waals surface area (Å²) < 4.78 is 5.37. The maximum atomic E-state index is 12.1. The third kappa shape index (κ3) is 13.0. The fraction of sp³-hybridized carbons (Fsp3) is 0.857. The van der Waals surface area contributed by atoms with Crippen LogP contribution < -0.4 is 16.0 Å². The highest BCUT2D eigenvalue weighted by Crippen LogP contribution is 2.11. The van der Waals surface area contributed by atoms with Crippen LogP contribution in [0, 0.1) is 5.92 Å². The molecule has 3 N–H and O–H groups in total. The topological polar surface area (TPSA) is 95.1 Å². The minimum atomic E-state index is -0.518. The fourth-order valence-corrected chi connectivity index (χ4v) is 2.59. The van der Waals surface area contributed by atoms with E-state index in [0.717, 1.165) is 18.8 Å². The van der Waals surface area contributed by atoms with Crippen molar-refractivity contribution in [2.24, 2.45) is 10.9 Å². The van der Waals surface area contributed by atoms with Gasteiger partial charge in [-0.2, -0.15) is 0 Å². The predicted molar refractivity (Wildman–Crippen MR) is 119 cm³/mol. The molecule has 170 valence electrons. The van der Waals surface area contributed by atoms with E-state index < -0.39 is 11.7 Å². The van der Waals surface area contributed by atoms with Gasteiger partial charge in [-0.15, -0.1) is 0 Å². The van der Waals surface area contributed by atoms with Crippen molar-refractivity contribution in [3.63, 3.8) is 0 Å². The quantitative estimate of drug-likeness (QED) is 0.378. The number of alkyl carbamates (subject to hydrolysis) is 1. The lowest BCUT2D eigenvalue weighted by Crippen LogP contribution is -2.46. The molecule has 0 saturated heterocycles. The van der Waals surface area contributed by atoms with E-state index in [-0.39, 0.29) is 23.9 Å². The molecule has 0 aliphatic rings. The van der Waals surface area contributed by atoms with Crippen molar-refractivity contribution in [2.45, 2.75) is 85.4 Å². The molecular formula is C21H43N5O3. The Morgan fingerprint density at radius 1 is 1.14 bits per heavy atom. The third-order valence-electron chi connectivity index (χ3n) is 4.51. The molecule has 0 aliphatic carbocycles. The molecular weight excluding hydrogens is 370 g/mol. The molecule has 0 aromatic rings. The molecule has 0 saturated carbocycles. The molecule has 0 aliphatic heterocycles. The molecule has 0 aromatic heterocycles. The summed E-state index contributed by atoms with van der Waals surface area (Å²) in [7, 11) is 3.66. The Balaban J connectivity index is 4.51. The van der Waals surface area contributed by atoms with E-state index in [1.807, 2.05) is 46.6 Å². The average molecular weight is 414 g/mol. The van der Waals surface area contributed by atoms with Crippen molar-refractivity contribution in [3.8, 4) is 0 Å². The van der Waals surface area contributed by atoms with Gasteiger partial charge in [0.2, 0.25) is 5.91 Å². The minimum absolute atomic E-state index is 0.00767. The first-order chi connectivity index (χ1) is 13.4. The zero-order valence-electron chi connectivity index (χ0n) is 19.9.